The van der Waals surface area contributed by atoms with E-state index in [9.17, 15) is 9.59 Å². The minimum Gasteiger partial charge on any atom is -0.356 e. The molecule has 0 saturated carbocycles. The molecule has 0 aliphatic carbocycles. The molecule has 1 fully saturated rings. The molecule has 1 aliphatic rings. The molecule has 1 aromatic carbocycles. The number of carbonyl (C=O) groups excluding carboxylic acids is 2. The molecule has 2 atom stereocenters. The molecule has 0 radical (unpaired) electrons. The topological polar surface area (TPSA) is 49.4 Å². The van der Waals surface area contributed by atoms with Crippen LogP contribution in [-0.2, 0) is 9.59 Å². The zero-order valence-corrected chi connectivity index (χ0v) is 15.0. The van der Waals surface area contributed by atoms with E-state index in [2.05, 4.69) is 12.2 Å². The van der Waals surface area contributed by atoms with Crippen molar-refractivity contribution in [3.8, 4) is 0 Å². The van der Waals surface area contributed by atoms with Gasteiger partial charge in [0, 0.05) is 26.1 Å². The van der Waals surface area contributed by atoms with Gasteiger partial charge in [-0.25, -0.2) is 0 Å². The van der Waals surface area contributed by atoms with Crippen LogP contribution >= 0.6 is 0 Å². The van der Waals surface area contributed by atoms with Gasteiger partial charge in [0.2, 0.25) is 11.8 Å². The number of amides is 2. The van der Waals surface area contributed by atoms with Crippen LogP contribution in [0, 0.1) is 5.92 Å². The summed E-state index contributed by atoms with van der Waals surface area (Å²) in [4.78, 5) is 26.6. The van der Waals surface area contributed by atoms with E-state index < -0.39 is 0 Å². The average molecular weight is 330 g/mol. The fraction of sp³-hybridized carbons (Fsp3) is 0.600. The predicted molar refractivity (Wildman–Crippen MR) is 96.7 cm³/mol. The average Bonchev–Trinajstić information content (AvgIpc) is 2.62. The normalized spacial score (nSPS) is 18.9. The molecule has 24 heavy (non-hydrogen) atoms. The Morgan fingerprint density at radius 1 is 1.25 bits per heavy atom. The molecule has 0 spiro atoms. The first kappa shape index (κ1) is 18.5. The first-order valence-electron chi connectivity index (χ1n) is 9.26. The van der Waals surface area contributed by atoms with Crippen molar-refractivity contribution in [2.24, 2.45) is 5.92 Å². The number of carbonyl (C=O) groups is 2. The summed E-state index contributed by atoms with van der Waals surface area (Å²) in [6, 6.07) is 10.1. The van der Waals surface area contributed by atoms with Gasteiger partial charge in [-0.05, 0) is 37.2 Å². The molecular weight excluding hydrogens is 300 g/mol. The minimum absolute atomic E-state index is 0.0559. The SMILES string of the molecule is CCCC(=O)NC[C@H]1CCCN(C(=O)[C@H](CC)c2ccccc2)C1. The third-order valence-corrected chi connectivity index (χ3v) is 4.80. The predicted octanol–water partition coefficient (Wildman–Crippen LogP) is 3.34. The largest absolute Gasteiger partial charge is 0.356 e. The maximum Gasteiger partial charge on any atom is 0.230 e. The lowest BCUT2D eigenvalue weighted by Gasteiger charge is -2.35. The van der Waals surface area contributed by atoms with Crippen LogP contribution in [-0.4, -0.2) is 36.3 Å². The van der Waals surface area contributed by atoms with Gasteiger partial charge in [0.25, 0.3) is 0 Å². The number of hydrogen-bond acceptors (Lipinski definition) is 2. The number of hydrogen-bond donors (Lipinski definition) is 1. The highest BCUT2D eigenvalue weighted by atomic mass is 16.2. The quantitative estimate of drug-likeness (QED) is 0.833. The van der Waals surface area contributed by atoms with Crippen LogP contribution in [0.25, 0.3) is 0 Å². The van der Waals surface area contributed by atoms with Crippen LogP contribution in [0.1, 0.15) is 57.4 Å². The molecule has 0 aromatic heterocycles. The van der Waals surface area contributed by atoms with Crippen molar-refractivity contribution in [1.82, 2.24) is 10.2 Å². The van der Waals surface area contributed by atoms with E-state index in [0.29, 0.717) is 18.9 Å². The van der Waals surface area contributed by atoms with Gasteiger partial charge < -0.3 is 10.2 Å². The van der Waals surface area contributed by atoms with Crippen molar-refractivity contribution in [2.75, 3.05) is 19.6 Å². The molecule has 2 rings (SSSR count). The summed E-state index contributed by atoms with van der Waals surface area (Å²) in [5.41, 5.74) is 1.10. The monoisotopic (exact) mass is 330 g/mol. The first-order valence-corrected chi connectivity index (χ1v) is 9.26. The Morgan fingerprint density at radius 2 is 2.00 bits per heavy atom. The second-order valence-corrected chi connectivity index (χ2v) is 6.72. The Labute approximate surface area is 145 Å². The smallest absolute Gasteiger partial charge is 0.230 e. The molecule has 1 N–H and O–H groups in total. The zero-order chi connectivity index (χ0) is 17.4. The highest BCUT2D eigenvalue weighted by Crippen LogP contribution is 2.25. The molecule has 0 bridgehead atoms. The standard InChI is InChI=1S/C20H30N2O2/c1-3-9-19(23)21-14-16-10-8-13-22(15-16)20(24)18(4-2)17-11-6-5-7-12-17/h5-7,11-12,16,18H,3-4,8-10,13-15H2,1-2H3,(H,21,23)/t16-,18-/m1/s1. The maximum atomic E-state index is 13.0. The van der Waals surface area contributed by atoms with Gasteiger partial charge in [0.15, 0.2) is 0 Å². The number of benzene rings is 1. The van der Waals surface area contributed by atoms with Crippen molar-refractivity contribution in [2.45, 2.75) is 51.9 Å². The third-order valence-electron chi connectivity index (χ3n) is 4.80. The van der Waals surface area contributed by atoms with Crippen LogP contribution in [0.2, 0.25) is 0 Å². The number of likely N-dealkylation sites (tertiary alicyclic amines) is 1. The van der Waals surface area contributed by atoms with Gasteiger partial charge in [-0.1, -0.05) is 44.2 Å². The Bertz CT molecular complexity index is 530. The summed E-state index contributed by atoms with van der Waals surface area (Å²) in [5.74, 6) is 0.668. The molecule has 1 heterocycles. The summed E-state index contributed by atoms with van der Waals surface area (Å²) >= 11 is 0. The van der Waals surface area contributed by atoms with Gasteiger partial charge in [0.05, 0.1) is 5.92 Å². The van der Waals surface area contributed by atoms with Crippen LogP contribution in [0.4, 0.5) is 0 Å². The number of nitrogens with one attached hydrogen (secondary N) is 1. The highest BCUT2D eigenvalue weighted by molar-refractivity contribution is 5.83. The Morgan fingerprint density at radius 3 is 2.67 bits per heavy atom. The molecule has 4 nitrogen and oxygen atoms in total. The van der Waals surface area contributed by atoms with E-state index >= 15 is 0 Å². The molecule has 2 amide bonds. The van der Waals surface area contributed by atoms with Crippen LogP contribution < -0.4 is 5.32 Å². The lowest BCUT2D eigenvalue weighted by Crippen LogP contribution is -2.45. The van der Waals surface area contributed by atoms with Crippen molar-refractivity contribution >= 4 is 11.8 Å². The molecule has 1 aliphatic heterocycles. The van der Waals surface area contributed by atoms with E-state index in [0.717, 1.165) is 44.3 Å². The van der Waals surface area contributed by atoms with Gasteiger partial charge in [-0.2, -0.15) is 0 Å². The number of nitrogens with zero attached hydrogens (tertiary/aromatic N) is 1. The van der Waals surface area contributed by atoms with Gasteiger partial charge in [-0.15, -0.1) is 0 Å². The third kappa shape index (κ3) is 5.08. The van der Waals surface area contributed by atoms with E-state index in [1.54, 1.807) is 0 Å². The van der Waals surface area contributed by atoms with Crippen molar-refractivity contribution in [1.29, 1.82) is 0 Å². The van der Waals surface area contributed by atoms with E-state index in [1.165, 1.54) is 0 Å². The Balaban J connectivity index is 1.93. The van der Waals surface area contributed by atoms with Gasteiger partial charge >= 0.3 is 0 Å². The van der Waals surface area contributed by atoms with Crippen LogP contribution in [0.15, 0.2) is 30.3 Å². The fourth-order valence-corrected chi connectivity index (χ4v) is 3.46. The molecule has 4 heteroatoms. The molecule has 1 aromatic rings. The van der Waals surface area contributed by atoms with Gasteiger partial charge in [0.1, 0.15) is 0 Å². The Hall–Kier alpha value is -1.84. The second-order valence-electron chi connectivity index (χ2n) is 6.72. The summed E-state index contributed by atoms with van der Waals surface area (Å²) < 4.78 is 0. The van der Waals surface area contributed by atoms with Crippen LogP contribution in [0.5, 0.6) is 0 Å². The summed E-state index contributed by atoms with van der Waals surface area (Å²) in [7, 11) is 0. The van der Waals surface area contributed by atoms with Gasteiger partial charge in [-0.3, -0.25) is 9.59 Å². The maximum absolute atomic E-state index is 13.0. The summed E-state index contributed by atoms with van der Waals surface area (Å²) in [5, 5.41) is 3.01. The van der Waals surface area contributed by atoms with E-state index in [4.69, 9.17) is 0 Å². The zero-order valence-electron chi connectivity index (χ0n) is 15.0. The minimum atomic E-state index is -0.0559. The molecule has 0 unspecified atom stereocenters. The number of rotatable bonds is 7. The molecular formula is C20H30N2O2. The van der Waals surface area contributed by atoms with Crippen molar-refractivity contribution in [3.05, 3.63) is 35.9 Å². The Kier molecular flexibility index (Phi) is 7.29. The number of piperidine rings is 1. The lowest BCUT2D eigenvalue weighted by molar-refractivity contribution is -0.134. The summed E-state index contributed by atoms with van der Waals surface area (Å²) in [6.45, 7) is 6.36. The molecule has 1 saturated heterocycles. The summed E-state index contributed by atoms with van der Waals surface area (Å²) in [6.07, 6.45) is 4.37. The van der Waals surface area contributed by atoms with Crippen LogP contribution in [0.3, 0.4) is 0 Å². The fourth-order valence-electron chi connectivity index (χ4n) is 3.46. The highest BCUT2D eigenvalue weighted by Gasteiger charge is 2.28. The second kappa shape index (κ2) is 9.45. The van der Waals surface area contributed by atoms with Crippen molar-refractivity contribution < 1.29 is 9.59 Å². The first-order chi connectivity index (χ1) is 11.7. The van der Waals surface area contributed by atoms with Crippen molar-refractivity contribution in [3.63, 3.8) is 0 Å². The van der Waals surface area contributed by atoms with E-state index in [-0.39, 0.29) is 17.7 Å². The molecule has 132 valence electrons. The lowest BCUT2D eigenvalue weighted by atomic mass is 9.92. The van der Waals surface area contributed by atoms with E-state index in [1.807, 2.05) is 42.2 Å².